The van der Waals surface area contributed by atoms with Gasteiger partial charge in [-0.3, -0.25) is 0 Å². The second-order valence-corrected chi connectivity index (χ2v) is 7.67. The van der Waals surface area contributed by atoms with Gasteiger partial charge in [-0.25, -0.2) is 9.78 Å². The van der Waals surface area contributed by atoms with Gasteiger partial charge in [0.25, 0.3) is 0 Å². The fraction of sp³-hybridized carbons (Fsp3) is 0.714. The number of hydrogen-bond acceptors (Lipinski definition) is 5. The zero-order chi connectivity index (χ0) is 14.8. The lowest BCUT2D eigenvalue weighted by molar-refractivity contribution is 0.0605. The molecule has 0 spiro atoms. The summed E-state index contributed by atoms with van der Waals surface area (Å²) in [5, 5.41) is 4.19. The van der Waals surface area contributed by atoms with E-state index in [1.165, 1.54) is 18.4 Å². The lowest BCUT2D eigenvalue weighted by Gasteiger charge is -2.33. The fourth-order valence-corrected chi connectivity index (χ4v) is 3.45. The third-order valence-corrected chi connectivity index (χ3v) is 3.64. The highest BCUT2D eigenvalue weighted by Crippen LogP contribution is 2.32. The summed E-state index contributed by atoms with van der Waals surface area (Å²) in [7, 11) is 1.39. The average molecular weight is 284 g/mol. The molecule has 0 unspecified atom stereocenters. The summed E-state index contributed by atoms with van der Waals surface area (Å²) in [5.74, 6) is -0.323. The second kappa shape index (κ2) is 5.49. The molecular formula is C14H24N2O2S. The summed E-state index contributed by atoms with van der Waals surface area (Å²) in [4.78, 5) is 16.5. The van der Waals surface area contributed by atoms with Gasteiger partial charge in [0.15, 0.2) is 5.13 Å². The maximum absolute atomic E-state index is 11.6. The molecule has 1 heterocycles. The monoisotopic (exact) mass is 284 g/mol. The van der Waals surface area contributed by atoms with E-state index in [-0.39, 0.29) is 16.9 Å². The van der Waals surface area contributed by atoms with E-state index in [0.717, 1.165) is 11.6 Å². The normalized spacial score (nSPS) is 12.4. The molecular weight excluding hydrogens is 260 g/mol. The minimum Gasteiger partial charge on any atom is -0.465 e. The number of ether oxygens (including phenoxy) is 1. The highest BCUT2D eigenvalue weighted by molar-refractivity contribution is 7.17. The average Bonchev–Trinajstić information content (AvgIpc) is 2.53. The SMILES string of the molecule is COC(=O)c1sc(NC(C)(C)CC(C)(C)C)nc1C. The van der Waals surface area contributed by atoms with Crippen LogP contribution in [0.5, 0.6) is 0 Å². The molecule has 0 aliphatic heterocycles. The number of nitrogens with one attached hydrogen (secondary N) is 1. The maximum Gasteiger partial charge on any atom is 0.350 e. The van der Waals surface area contributed by atoms with E-state index < -0.39 is 0 Å². The van der Waals surface area contributed by atoms with E-state index in [1.54, 1.807) is 0 Å². The third kappa shape index (κ3) is 4.82. The van der Waals surface area contributed by atoms with Gasteiger partial charge in [-0.2, -0.15) is 0 Å². The molecule has 0 bridgehead atoms. The Balaban J connectivity index is 2.86. The van der Waals surface area contributed by atoms with Gasteiger partial charge >= 0.3 is 5.97 Å². The van der Waals surface area contributed by atoms with Gasteiger partial charge in [0.1, 0.15) is 4.88 Å². The predicted molar refractivity (Wildman–Crippen MR) is 80.0 cm³/mol. The smallest absolute Gasteiger partial charge is 0.350 e. The first kappa shape index (κ1) is 16.0. The van der Waals surface area contributed by atoms with E-state index in [0.29, 0.717) is 10.6 Å². The zero-order valence-corrected chi connectivity index (χ0v) is 13.7. The van der Waals surface area contributed by atoms with Crippen molar-refractivity contribution < 1.29 is 9.53 Å². The van der Waals surface area contributed by atoms with Crippen LogP contribution in [0.2, 0.25) is 0 Å². The van der Waals surface area contributed by atoms with E-state index in [9.17, 15) is 4.79 Å². The molecule has 19 heavy (non-hydrogen) atoms. The molecule has 0 fully saturated rings. The molecule has 4 nitrogen and oxygen atoms in total. The van der Waals surface area contributed by atoms with E-state index in [4.69, 9.17) is 4.74 Å². The standard InChI is InChI=1S/C14H24N2O2S/c1-9-10(11(17)18-7)19-12(15-9)16-14(5,6)8-13(2,3)4/h8H2,1-7H3,(H,15,16). The van der Waals surface area contributed by atoms with Crippen LogP contribution in [0.25, 0.3) is 0 Å². The molecule has 1 aromatic heterocycles. The molecule has 0 aliphatic rings. The number of carbonyl (C=O) groups excluding carboxylic acids is 1. The Morgan fingerprint density at radius 2 is 1.89 bits per heavy atom. The summed E-state index contributed by atoms with van der Waals surface area (Å²) < 4.78 is 4.74. The first-order valence-electron chi connectivity index (χ1n) is 6.38. The Bertz CT molecular complexity index is 459. The van der Waals surface area contributed by atoms with Crippen LogP contribution in [0.3, 0.4) is 0 Å². The van der Waals surface area contributed by atoms with Crippen LogP contribution in [-0.4, -0.2) is 23.6 Å². The molecule has 0 saturated heterocycles. The molecule has 0 atom stereocenters. The molecule has 0 radical (unpaired) electrons. The Labute approximate surface area is 119 Å². The number of aromatic nitrogens is 1. The third-order valence-electron chi connectivity index (χ3n) is 2.58. The van der Waals surface area contributed by atoms with E-state index in [2.05, 4.69) is 44.9 Å². The van der Waals surface area contributed by atoms with Crippen LogP contribution in [-0.2, 0) is 4.74 Å². The number of thiazole rings is 1. The fourth-order valence-electron chi connectivity index (χ4n) is 2.39. The van der Waals surface area contributed by atoms with E-state index in [1.807, 2.05) is 6.92 Å². The Morgan fingerprint density at radius 3 is 2.37 bits per heavy atom. The molecule has 108 valence electrons. The van der Waals surface area contributed by atoms with Crippen molar-refractivity contribution in [2.75, 3.05) is 12.4 Å². The Hall–Kier alpha value is -1.10. The number of methoxy groups -OCH3 is 1. The van der Waals surface area contributed by atoms with Crippen molar-refractivity contribution in [1.82, 2.24) is 4.98 Å². The lowest BCUT2D eigenvalue weighted by atomic mass is 9.82. The summed E-state index contributed by atoms with van der Waals surface area (Å²) >= 11 is 1.35. The lowest BCUT2D eigenvalue weighted by Crippen LogP contribution is -2.35. The summed E-state index contributed by atoms with van der Waals surface area (Å²) in [5.41, 5.74) is 0.870. The first-order chi connectivity index (χ1) is 8.54. The van der Waals surface area contributed by atoms with Crippen molar-refractivity contribution in [3.63, 3.8) is 0 Å². The molecule has 1 rings (SSSR count). The largest absolute Gasteiger partial charge is 0.465 e. The van der Waals surface area contributed by atoms with Crippen LogP contribution in [0.4, 0.5) is 5.13 Å². The topological polar surface area (TPSA) is 51.2 Å². The van der Waals surface area contributed by atoms with Crippen molar-refractivity contribution in [2.24, 2.45) is 5.41 Å². The highest BCUT2D eigenvalue weighted by atomic mass is 32.1. The Morgan fingerprint density at radius 1 is 1.32 bits per heavy atom. The number of nitrogens with zero attached hydrogens (tertiary/aromatic N) is 1. The number of aryl methyl sites for hydroxylation is 1. The second-order valence-electron chi connectivity index (χ2n) is 6.67. The van der Waals surface area contributed by atoms with Gasteiger partial charge in [-0.15, -0.1) is 0 Å². The predicted octanol–water partition coefficient (Wildman–Crippen LogP) is 3.86. The van der Waals surface area contributed by atoms with Gasteiger partial charge in [0, 0.05) is 5.54 Å². The summed E-state index contributed by atoms with van der Waals surface area (Å²) in [6.07, 6.45) is 1.01. The van der Waals surface area contributed by atoms with Crippen LogP contribution in [0, 0.1) is 12.3 Å². The van der Waals surface area contributed by atoms with Crippen molar-refractivity contribution >= 4 is 22.4 Å². The van der Waals surface area contributed by atoms with Gasteiger partial charge < -0.3 is 10.1 Å². The molecule has 0 aromatic carbocycles. The van der Waals surface area contributed by atoms with Crippen molar-refractivity contribution in [1.29, 1.82) is 0 Å². The van der Waals surface area contributed by atoms with Crippen molar-refractivity contribution in [2.45, 2.75) is 53.5 Å². The molecule has 0 saturated carbocycles. The minimum absolute atomic E-state index is 0.0735. The number of carbonyl (C=O) groups is 1. The molecule has 1 aromatic rings. The molecule has 5 heteroatoms. The van der Waals surface area contributed by atoms with Crippen LogP contribution < -0.4 is 5.32 Å². The van der Waals surface area contributed by atoms with Crippen LogP contribution >= 0.6 is 11.3 Å². The minimum atomic E-state index is -0.323. The number of anilines is 1. The summed E-state index contributed by atoms with van der Waals surface area (Å²) in [6, 6.07) is 0. The van der Waals surface area contributed by atoms with Gasteiger partial charge in [0.2, 0.25) is 0 Å². The van der Waals surface area contributed by atoms with Crippen LogP contribution in [0.1, 0.15) is 56.4 Å². The highest BCUT2D eigenvalue weighted by Gasteiger charge is 2.27. The Kier molecular flexibility index (Phi) is 4.61. The first-order valence-corrected chi connectivity index (χ1v) is 7.20. The number of esters is 1. The quantitative estimate of drug-likeness (QED) is 0.853. The van der Waals surface area contributed by atoms with Crippen molar-refractivity contribution in [3.05, 3.63) is 10.6 Å². The number of rotatable bonds is 4. The number of hydrogen-bond donors (Lipinski definition) is 1. The molecule has 0 aliphatic carbocycles. The van der Waals surface area contributed by atoms with Gasteiger partial charge in [0.05, 0.1) is 12.8 Å². The zero-order valence-electron chi connectivity index (χ0n) is 12.9. The summed E-state index contributed by atoms with van der Waals surface area (Å²) in [6.45, 7) is 12.8. The van der Waals surface area contributed by atoms with Gasteiger partial charge in [-0.1, -0.05) is 32.1 Å². The van der Waals surface area contributed by atoms with E-state index >= 15 is 0 Å². The molecule has 0 amide bonds. The molecule has 1 N–H and O–H groups in total. The van der Waals surface area contributed by atoms with Crippen molar-refractivity contribution in [3.8, 4) is 0 Å². The van der Waals surface area contributed by atoms with Crippen LogP contribution in [0.15, 0.2) is 0 Å². The maximum atomic E-state index is 11.6. The van der Waals surface area contributed by atoms with Gasteiger partial charge in [-0.05, 0) is 32.6 Å².